The molecule has 3 nitrogen and oxygen atoms in total. The fourth-order valence-corrected chi connectivity index (χ4v) is 3.59. The molecule has 1 atom stereocenters. The van der Waals surface area contributed by atoms with Gasteiger partial charge in [0.2, 0.25) is 0 Å². The van der Waals surface area contributed by atoms with Crippen LogP contribution in [-0.4, -0.2) is 16.1 Å². The number of fused-ring (bicyclic) bond motifs is 1. The molecular formula is C21H21ClFNO2. The molecular weight excluding hydrogens is 353 g/mol. The second-order valence-corrected chi connectivity index (χ2v) is 7.32. The van der Waals surface area contributed by atoms with Crippen molar-refractivity contribution >= 4 is 28.5 Å². The SMILES string of the molecule is Cc1c(CC(C)CC(=O)O)[nH]c2ccc(F)c(Cc3ccc(Cl)cc3)c12. The average Bonchev–Trinajstić information content (AvgIpc) is 2.88. The minimum Gasteiger partial charge on any atom is -0.481 e. The zero-order valence-electron chi connectivity index (χ0n) is 14.8. The van der Waals surface area contributed by atoms with Crippen molar-refractivity contribution in [3.63, 3.8) is 0 Å². The third-order valence-electron chi connectivity index (χ3n) is 4.74. The first-order chi connectivity index (χ1) is 12.3. The van der Waals surface area contributed by atoms with Crippen molar-refractivity contribution in [1.82, 2.24) is 4.98 Å². The molecule has 0 saturated heterocycles. The molecule has 0 bridgehead atoms. The van der Waals surface area contributed by atoms with E-state index < -0.39 is 5.97 Å². The van der Waals surface area contributed by atoms with Crippen molar-refractivity contribution < 1.29 is 14.3 Å². The predicted molar refractivity (Wildman–Crippen MR) is 102 cm³/mol. The van der Waals surface area contributed by atoms with Gasteiger partial charge in [-0.2, -0.15) is 0 Å². The Kier molecular flexibility index (Phi) is 5.33. The van der Waals surface area contributed by atoms with Crippen molar-refractivity contribution in [1.29, 1.82) is 0 Å². The minimum absolute atomic E-state index is 0.00354. The van der Waals surface area contributed by atoms with E-state index in [1.54, 1.807) is 18.2 Å². The molecule has 0 radical (unpaired) electrons. The Morgan fingerprint density at radius 1 is 1.23 bits per heavy atom. The Morgan fingerprint density at radius 3 is 2.58 bits per heavy atom. The third-order valence-corrected chi connectivity index (χ3v) is 4.99. The van der Waals surface area contributed by atoms with E-state index in [2.05, 4.69) is 4.98 Å². The smallest absolute Gasteiger partial charge is 0.303 e. The number of halogens is 2. The van der Waals surface area contributed by atoms with Gasteiger partial charge in [0, 0.05) is 40.0 Å². The highest BCUT2D eigenvalue weighted by Crippen LogP contribution is 2.31. The van der Waals surface area contributed by atoms with E-state index in [1.807, 2.05) is 26.0 Å². The topological polar surface area (TPSA) is 53.1 Å². The summed E-state index contributed by atoms with van der Waals surface area (Å²) in [6.07, 6.45) is 1.21. The number of nitrogens with one attached hydrogen (secondary N) is 1. The van der Waals surface area contributed by atoms with Gasteiger partial charge in [0.25, 0.3) is 0 Å². The lowest BCUT2D eigenvalue weighted by molar-refractivity contribution is -0.137. The van der Waals surface area contributed by atoms with Crippen LogP contribution in [0.1, 0.15) is 35.7 Å². The molecule has 1 aromatic heterocycles. The van der Waals surface area contributed by atoms with E-state index in [0.29, 0.717) is 23.4 Å². The summed E-state index contributed by atoms with van der Waals surface area (Å²) < 4.78 is 14.6. The predicted octanol–water partition coefficient (Wildman–Crippen LogP) is 5.51. The van der Waals surface area contributed by atoms with E-state index in [4.69, 9.17) is 16.7 Å². The fourth-order valence-electron chi connectivity index (χ4n) is 3.46. The lowest BCUT2D eigenvalue weighted by Crippen LogP contribution is -2.07. The van der Waals surface area contributed by atoms with E-state index in [0.717, 1.165) is 27.7 Å². The van der Waals surface area contributed by atoms with Gasteiger partial charge in [0.15, 0.2) is 0 Å². The molecule has 0 fully saturated rings. The van der Waals surface area contributed by atoms with Crippen molar-refractivity contribution in [3.05, 3.63) is 69.6 Å². The maximum atomic E-state index is 14.6. The van der Waals surface area contributed by atoms with Crippen molar-refractivity contribution in [2.24, 2.45) is 5.92 Å². The molecule has 3 rings (SSSR count). The van der Waals surface area contributed by atoms with Crippen LogP contribution in [0.15, 0.2) is 36.4 Å². The van der Waals surface area contributed by atoms with Crippen LogP contribution in [-0.2, 0) is 17.6 Å². The molecule has 2 N–H and O–H groups in total. The van der Waals surface area contributed by atoms with Crippen LogP contribution < -0.4 is 0 Å². The molecule has 1 heterocycles. The van der Waals surface area contributed by atoms with Gasteiger partial charge in [0.1, 0.15) is 5.82 Å². The average molecular weight is 374 g/mol. The standard InChI is InChI=1S/C21H21ClFNO2/c1-12(10-20(25)26)9-19-13(2)21-16(17(23)7-8-18(21)24-19)11-14-3-5-15(22)6-4-14/h3-8,12,24H,9-11H2,1-2H3,(H,25,26). The summed E-state index contributed by atoms with van der Waals surface area (Å²) in [5.74, 6) is -1.04. The van der Waals surface area contributed by atoms with Crippen LogP contribution in [0.3, 0.4) is 0 Å². The van der Waals surface area contributed by atoms with Crippen LogP contribution >= 0.6 is 11.6 Å². The molecule has 1 unspecified atom stereocenters. The van der Waals surface area contributed by atoms with Gasteiger partial charge in [-0.05, 0) is 54.7 Å². The second-order valence-electron chi connectivity index (χ2n) is 6.89. The highest BCUT2D eigenvalue weighted by atomic mass is 35.5. The lowest BCUT2D eigenvalue weighted by Gasteiger charge is -2.09. The summed E-state index contributed by atoms with van der Waals surface area (Å²) >= 11 is 5.93. The largest absolute Gasteiger partial charge is 0.481 e. The van der Waals surface area contributed by atoms with Gasteiger partial charge >= 0.3 is 5.97 Å². The van der Waals surface area contributed by atoms with Crippen LogP contribution in [0.4, 0.5) is 4.39 Å². The number of carbonyl (C=O) groups is 1. The van der Waals surface area contributed by atoms with Gasteiger partial charge in [-0.1, -0.05) is 30.7 Å². The summed E-state index contributed by atoms with van der Waals surface area (Å²) in [4.78, 5) is 14.3. The molecule has 0 aliphatic heterocycles. The number of rotatable bonds is 6. The molecule has 0 aliphatic carbocycles. The first kappa shape index (κ1) is 18.5. The molecule has 0 saturated carbocycles. The Labute approximate surface area is 156 Å². The molecule has 0 aliphatic rings. The van der Waals surface area contributed by atoms with E-state index >= 15 is 0 Å². The van der Waals surface area contributed by atoms with Gasteiger partial charge in [-0.15, -0.1) is 0 Å². The summed E-state index contributed by atoms with van der Waals surface area (Å²) in [7, 11) is 0. The van der Waals surface area contributed by atoms with Gasteiger partial charge < -0.3 is 10.1 Å². The Bertz CT molecular complexity index is 947. The van der Waals surface area contributed by atoms with Crippen LogP contribution in [0.2, 0.25) is 5.02 Å². The second kappa shape index (κ2) is 7.50. The normalized spacial score (nSPS) is 12.5. The number of carboxylic acids is 1. The summed E-state index contributed by atoms with van der Waals surface area (Å²) in [5.41, 5.74) is 4.47. The summed E-state index contributed by atoms with van der Waals surface area (Å²) in [6.45, 7) is 3.88. The molecule has 3 aromatic rings. The highest BCUT2D eigenvalue weighted by Gasteiger charge is 2.18. The Hall–Kier alpha value is -2.33. The molecule has 136 valence electrons. The molecule has 0 amide bonds. The van der Waals surface area contributed by atoms with E-state index in [-0.39, 0.29) is 18.2 Å². The van der Waals surface area contributed by atoms with Gasteiger partial charge in [-0.25, -0.2) is 4.39 Å². The molecule has 2 aromatic carbocycles. The number of hydrogen-bond donors (Lipinski definition) is 2. The zero-order chi connectivity index (χ0) is 18.8. The number of carboxylic acid groups (broad SMARTS) is 1. The first-order valence-corrected chi connectivity index (χ1v) is 8.97. The molecule has 5 heteroatoms. The van der Waals surface area contributed by atoms with E-state index in [1.165, 1.54) is 6.07 Å². The number of aryl methyl sites for hydroxylation is 1. The molecule has 0 spiro atoms. The quantitative estimate of drug-likeness (QED) is 0.598. The van der Waals surface area contributed by atoms with E-state index in [9.17, 15) is 9.18 Å². The fraction of sp³-hybridized carbons (Fsp3) is 0.286. The number of aromatic nitrogens is 1. The number of H-pyrrole nitrogens is 1. The maximum Gasteiger partial charge on any atom is 0.303 e. The first-order valence-electron chi connectivity index (χ1n) is 8.60. The van der Waals surface area contributed by atoms with Crippen LogP contribution in [0.25, 0.3) is 10.9 Å². The maximum absolute atomic E-state index is 14.6. The van der Waals surface area contributed by atoms with Crippen LogP contribution in [0, 0.1) is 18.7 Å². The number of aliphatic carboxylic acids is 1. The van der Waals surface area contributed by atoms with Gasteiger partial charge in [0.05, 0.1) is 0 Å². The third kappa shape index (κ3) is 3.91. The molecule has 26 heavy (non-hydrogen) atoms. The Balaban J connectivity index is 1.99. The number of aromatic amines is 1. The van der Waals surface area contributed by atoms with Crippen molar-refractivity contribution in [2.45, 2.75) is 33.1 Å². The monoisotopic (exact) mass is 373 g/mol. The number of hydrogen-bond acceptors (Lipinski definition) is 1. The Morgan fingerprint density at radius 2 is 1.92 bits per heavy atom. The number of benzene rings is 2. The summed E-state index contributed by atoms with van der Waals surface area (Å²) in [5, 5.41) is 10.5. The zero-order valence-corrected chi connectivity index (χ0v) is 15.5. The van der Waals surface area contributed by atoms with Crippen molar-refractivity contribution in [2.75, 3.05) is 0 Å². The minimum atomic E-state index is -0.805. The van der Waals surface area contributed by atoms with Crippen LogP contribution in [0.5, 0.6) is 0 Å². The van der Waals surface area contributed by atoms with Gasteiger partial charge in [-0.3, -0.25) is 4.79 Å². The highest BCUT2D eigenvalue weighted by molar-refractivity contribution is 6.30. The lowest BCUT2D eigenvalue weighted by atomic mass is 9.96. The summed E-state index contributed by atoms with van der Waals surface area (Å²) in [6, 6.07) is 10.6. The van der Waals surface area contributed by atoms with Crippen molar-refractivity contribution in [3.8, 4) is 0 Å².